The molecule has 2 amide bonds. The molecule has 7 heteroatoms. The zero-order valence-corrected chi connectivity index (χ0v) is 17.5. The fourth-order valence-corrected chi connectivity index (χ4v) is 4.49. The van der Waals surface area contributed by atoms with Crippen molar-refractivity contribution < 1.29 is 14.0 Å². The van der Waals surface area contributed by atoms with E-state index in [1.54, 1.807) is 0 Å². The van der Waals surface area contributed by atoms with Crippen molar-refractivity contribution in [2.75, 3.05) is 31.5 Å². The van der Waals surface area contributed by atoms with Gasteiger partial charge in [-0.15, -0.1) is 0 Å². The molecule has 5 nitrogen and oxygen atoms in total. The van der Waals surface area contributed by atoms with Crippen molar-refractivity contribution in [1.29, 1.82) is 0 Å². The van der Waals surface area contributed by atoms with Crippen molar-refractivity contribution in [1.82, 2.24) is 9.80 Å². The Hall–Kier alpha value is -2.44. The monoisotopic (exact) mass is 429 g/mol. The Labute approximate surface area is 180 Å². The number of anilines is 1. The molecular formula is C23H25ClFN3O2. The number of halogens is 2. The zero-order valence-electron chi connectivity index (χ0n) is 16.7. The number of likely N-dealkylation sites (tertiary alicyclic amines) is 1. The van der Waals surface area contributed by atoms with Crippen LogP contribution in [0.1, 0.15) is 36.4 Å². The number of hydrogen-bond donors (Lipinski definition) is 1. The lowest BCUT2D eigenvalue weighted by atomic mass is 9.91. The lowest BCUT2D eigenvalue weighted by Crippen LogP contribution is -2.49. The molecule has 158 valence electrons. The fourth-order valence-electron chi connectivity index (χ4n) is 4.33. The zero-order chi connectivity index (χ0) is 21.1. The number of amides is 2. The van der Waals surface area contributed by atoms with Crippen LogP contribution in [-0.4, -0.2) is 47.8 Å². The van der Waals surface area contributed by atoms with Crippen LogP contribution in [0.25, 0.3) is 0 Å². The highest BCUT2D eigenvalue weighted by Gasteiger charge is 2.36. The average Bonchev–Trinajstić information content (AvgIpc) is 2.76. The molecule has 1 N–H and O–H groups in total. The Bertz CT molecular complexity index is 946. The maximum absolute atomic E-state index is 14.1. The lowest BCUT2D eigenvalue weighted by Gasteiger charge is -2.39. The quantitative estimate of drug-likeness (QED) is 0.798. The first kappa shape index (κ1) is 20.8. The first-order valence-corrected chi connectivity index (χ1v) is 10.8. The number of nitrogens with one attached hydrogen (secondary N) is 1. The van der Waals surface area contributed by atoms with Gasteiger partial charge < -0.3 is 10.2 Å². The summed E-state index contributed by atoms with van der Waals surface area (Å²) in [6.07, 6.45) is 3.93. The molecule has 2 aromatic carbocycles. The van der Waals surface area contributed by atoms with Crippen LogP contribution in [0.3, 0.4) is 0 Å². The summed E-state index contributed by atoms with van der Waals surface area (Å²) in [5, 5.41) is 2.88. The molecule has 0 radical (unpaired) electrons. The molecule has 2 aliphatic rings. The maximum Gasteiger partial charge on any atom is 0.244 e. The van der Waals surface area contributed by atoms with Gasteiger partial charge in [-0.05, 0) is 55.0 Å². The number of fused-ring (bicyclic) bond motifs is 1. The predicted octanol–water partition coefficient (Wildman–Crippen LogP) is 4.03. The topological polar surface area (TPSA) is 52.7 Å². The van der Waals surface area contributed by atoms with Gasteiger partial charge >= 0.3 is 0 Å². The Balaban J connectivity index is 1.54. The van der Waals surface area contributed by atoms with E-state index in [1.165, 1.54) is 12.1 Å². The highest BCUT2D eigenvalue weighted by Crippen LogP contribution is 2.32. The van der Waals surface area contributed by atoms with Crippen LogP contribution >= 0.6 is 11.6 Å². The van der Waals surface area contributed by atoms with Crippen LogP contribution in [0.15, 0.2) is 42.5 Å². The normalized spacial score (nSPS) is 19.3. The molecule has 0 saturated carbocycles. The van der Waals surface area contributed by atoms with Gasteiger partial charge in [-0.2, -0.15) is 0 Å². The smallest absolute Gasteiger partial charge is 0.244 e. The molecular weight excluding hydrogens is 405 g/mol. The van der Waals surface area contributed by atoms with E-state index >= 15 is 0 Å². The summed E-state index contributed by atoms with van der Waals surface area (Å²) in [5.74, 6) is -0.889. The molecule has 2 aliphatic heterocycles. The van der Waals surface area contributed by atoms with Gasteiger partial charge in [0, 0.05) is 24.7 Å². The highest BCUT2D eigenvalue weighted by atomic mass is 35.5. The van der Waals surface area contributed by atoms with E-state index in [1.807, 2.05) is 34.1 Å². The van der Waals surface area contributed by atoms with Crippen molar-refractivity contribution in [3.05, 3.63) is 64.4 Å². The summed E-state index contributed by atoms with van der Waals surface area (Å²) < 4.78 is 14.1. The summed E-state index contributed by atoms with van der Waals surface area (Å²) in [6, 6.07) is 11.6. The van der Waals surface area contributed by atoms with Gasteiger partial charge in [-0.3, -0.25) is 14.5 Å². The molecule has 0 bridgehead atoms. The third kappa shape index (κ3) is 4.50. The molecule has 0 aliphatic carbocycles. The molecule has 1 saturated heterocycles. The van der Waals surface area contributed by atoms with Crippen molar-refractivity contribution in [3.8, 4) is 0 Å². The Kier molecular flexibility index (Phi) is 6.35. The molecule has 4 rings (SSSR count). The van der Waals surface area contributed by atoms with Gasteiger partial charge in [0.1, 0.15) is 11.9 Å². The summed E-state index contributed by atoms with van der Waals surface area (Å²) >= 11 is 5.78. The third-order valence-electron chi connectivity index (χ3n) is 5.84. The van der Waals surface area contributed by atoms with Crippen LogP contribution in [0.2, 0.25) is 5.02 Å². The lowest BCUT2D eigenvalue weighted by molar-refractivity contribution is -0.139. The number of nitrogens with zero attached hydrogens (tertiary/aromatic N) is 2. The predicted molar refractivity (Wildman–Crippen MR) is 115 cm³/mol. The second-order valence-electron chi connectivity index (χ2n) is 7.88. The second-order valence-corrected chi connectivity index (χ2v) is 8.32. The molecule has 2 heterocycles. The Morgan fingerprint density at radius 1 is 1.07 bits per heavy atom. The van der Waals surface area contributed by atoms with Gasteiger partial charge in [0.15, 0.2) is 0 Å². The molecule has 1 atom stereocenters. The van der Waals surface area contributed by atoms with E-state index < -0.39 is 11.9 Å². The molecule has 30 heavy (non-hydrogen) atoms. The maximum atomic E-state index is 14.1. The van der Waals surface area contributed by atoms with Crippen LogP contribution in [-0.2, 0) is 16.0 Å². The average molecular weight is 430 g/mol. The number of carbonyl (C=O) groups is 2. The number of rotatable bonds is 4. The Morgan fingerprint density at radius 3 is 2.60 bits per heavy atom. The second kappa shape index (κ2) is 9.14. The van der Waals surface area contributed by atoms with E-state index in [-0.39, 0.29) is 29.1 Å². The van der Waals surface area contributed by atoms with Crippen LogP contribution < -0.4 is 5.32 Å². The standard InChI is InChI=1S/C23H25ClFN3O2/c24-17-8-9-20(19(25)14-17)26-21(29)15-28-13-10-16-6-2-3-7-18(16)22(28)23(30)27-11-4-1-5-12-27/h2-3,6-9,14,22H,1,4-5,10-13,15H2,(H,26,29)/t22-/m1/s1. The van der Waals surface area contributed by atoms with Crippen LogP contribution in [0.4, 0.5) is 10.1 Å². The minimum atomic E-state index is -0.583. The fraction of sp³-hybridized carbons (Fsp3) is 0.391. The van der Waals surface area contributed by atoms with Crippen molar-refractivity contribution >= 4 is 29.1 Å². The van der Waals surface area contributed by atoms with Crippen molar-refractivity contribution in [2.24, 2.45) is 0 Å². The summed E-state index contributed by atoms with van der Waals surface area (Å²) in [5.41, 5.74) is 2.19. The molecule has 0 aromatic heterocycles. The van der Waals surface area contributed by atoms with Crippen LogP contribution in [0.5, 0.6) is 0 Å². The summed E-state index contributed by atoms with van der Waals surface area (Å²) in [6.45, 7) is 2.12. The van der Waals surface area contributed by atoms with Crippen LogP contribution in [0, 0.1) is 5.82 Å². The first-order valence-electron chi connectivity index (χ1n) is 10.4. The molecule has 0 unspecified atom stereocenters. The number of benzene rings is 2. The van der Waals surface area contributed by atoms with E-state index in [0.29, 0.717) is 6.54 Å². The molecule has 1 fully saturated rings. The van der Waals surface area contributed by atoms with Gasteiger partial charge in [-0.25, -0.2) is 4.39 Å². The largest absolute Gasteiger partial charge is 0.341 e. The number of hydrogen-bond acceptors (Lipinski definition) is 3. The van der Waals surface area contributed by atoms with E-state index in [0.717, 1.165) is 56.0 Å². The summed E-state index contributed by atoms with van der Waals surface area (Å²) in [7, 11) is 0. The summed E-state index contributed by atoms with van der Waals surface area (Å²) in [4.78, 5) is 30.0. The van der Waals surface area contributed by atoms with Gasteiger partial charge in [0.05, 0.1) is 12.2 Å². The number of piperidine rings is 1. The van der Waals surface area contributed by atoms with E-state index in [4.69, 9.17) is 11.6 Å². The third-order valence-corrected chi connectivity index (χ3v) is 6.07. The minimum Gasteiger partial charge on any atom is -0.341 e. The minimum absolute atomic E-state index is 0.0145. The van der Waals surface area contributed by atoms with Gasteiger partial charge in [0.2, 0.25) is 11.8 Å². The first-order chi connectivity index (χ1) is 14.5. The van der Waals surface area contributed by atoms with E-state index in [2.05, 4.69) is 5.32 Å². The molecule has 2 aromatic rings. The Morgan fingerprint density at radius 2 is 1.83 bits per heavy atom. The van der Waals surface area contributed by atoms with E-state index in [9.17, 15) is 14.0 Å². The van der Waals surface area contributed by atoms with Gasteiger partial charge in [0.25, 0.3) is 0 Å². The SMILES string of the molecule is O=C(CN1CCc2ccccc2[C@@H]1C(=O)N1CCCCC1)Nc1ccc(Cl)cc1F. The van der Waals surface area contributed by atoms with Crippen molar-refractivity contribution in [2.45, 2.75) is 31.7 Å². The number of carbonyl (C=O) groups excluding carboxylic acids is 2. The van der Waals surface area contributed by atoms with Gasteiger partial charge in [-0.1, -0.05) is 35.9 Å². The molecule has 0 spiro atoms. The van der Waals surface area contributed by atoms with Crippen molar-refractivity contribution in [3.63, 3.8) is 0 Å². The highest BCUT2D eigenvalue weighted by molar-refractivity contribution is 6.30.